The minimum Gasteiger partial charge on any atom is -0.143 e. The van der Waals surface area contributed by atoms with E-state index in [-0.39, 0.29) is 0 Å². The van der Waals surface area contributed by atoms with Gasteiger partial charge in [-0.3, -0.25) is 0 Å². The maximum atomic E-state index is 4.47. The van der Waals surface area contributed by atoms with Gasteiger partial charge in [-0.25, -0.2) is 0 Å². The predicted octanol–water partition coefficient (Wildman–Crippen LogP) is 4.71. The molecule has 0 nitrogen and oxygen atoms in total. The Morgan fingerprint density at radius 2 is 1.67 bits per heavy atom. The van der Waals surface area contributed by atoms with Crippen molar-refractivity contribution in [2.45, 2.75) is 11.8 Å². The van der Waals surface area contributed by atoms with Crippen molar-refractivity contribution in [3.8, 4) is 11.1 Å². The van der Waals surface area contributed by atoms with Gasteiger partial charge in [0.2, 0.25) is 0 Å². The molecule has 15 heavy (non-hydrogen) atoms. The molecular formula is C13H11BrS. The van der Waals surface area contributed by atoms with E-state index in [1.165, 1.54) is 11.1 Å². The van der Waals surface area contributed by atoms with Gasteiger partial charge in [0.25, 0.3) is 0 Å². The van der Waals surface area contributed by atoms with Crippen molar-refractivity contribution in [1.29, 1.82) is 0 Å². The zero-order valence-electron chi connectivity index (χ0n) is 8.37. The number of rotatable bonds is 1. The molecule has 0 aliphatic carbocycles. The molecule has 0 atom stereocenters. The summed E-state index contributed by atoms with van der Waals surface area (Å²) >= 11 is 8.03. The second kappa shape index (κ2) is 4.42. The van der Waals surface area contributed by atoms with Crippen molar-refractivity contribution in [2.24, 2.45) is 0 Å². The summed E-state index contributed by atoms with van der Waals surface area (Å²) in [5.41, 5.74) is 3.62. The van der Waals surface area contributed by atoms with E-state index in [4.69, 9.17) is 0 Å². The van der Waals surface area contributed by atoms with Crippen LogP contribution in [-0.4, -0.2) is 0 Å². The lowest BCUT2D eigenvalue weighted by Gasteiger charge is -2.08. The molecule has 0 saturated heterocycles. The van der Waals surface area contributed by atoms with Crippen molar-refractivity contribution in [3.63, 3.8) is 0 Å². The predicted molar refractivity (Wildman–Crippen MR) is 71.6 cm³/mol. The Kier molecular flexibility index (Phi) is 3.17. The van der Waals surface area contributed by atoms with E-state index in [0.29, 0.717) is 0 Å². The molecule has 76 valence electrons. The van der Waals surface area contributed by atoms with Crippen molar-refractivity contribution in [3.05, 3.63) is 52.5 Å². The van der Waals surface area contributed by atoms with Gasteiger partial charge < -0.3 is 0 Å². The Bertz CT molecular complexity index is 454. The molecule has 0 saturated carbocycles. The van der Waals surface area contributed by atoms with Crippen LogP contribution in [0.1, 0.15) is 5.56 Å². The Balaban J connectivity index is 2.58. The summed E-state index contributed by atoms with van der Waals surface area (Å²) in [6, 6.07) is 14.5. The quantitative estimate of drug-likeness (QED) is 0.718. The first-order valence-electron chi connectivity index (χ1n) is 4.73. The molecule has 0 unspecified atom stereocenters. The molecule has 2 heteroatoms. The molecule has 0 spiro atoms. The van der Waals surface area contributed by atoms with Gasteiger partial charge in [-0.05, 0) is 24.6 Å². The first-order chi connectivity index (χ1) is 7.18. The van der Waals surface area contributed by atoms with Crippen LogP contribution in [0.2, 0.25) is 0 Å². The van der Waals surface area contributed by atoms with E-state index in [0.717, 1.165) is 14.9 Å². The fraction of sp³-hybridized carbons (Fsp3) is 0.0769. The third-order valence-corrected chi connectivity index (χ3v) is 3.37. The van der Waals surface area contributed by atoms with Gasteiger partial charge in [0, 0.05) is 14.9 Å². The maximum Gasteiger partial charge on any atom is 0.0264 e. The van der Waals surface area contributed by atoms with E-state index in [1.807, 2.05) is 18.2 Å². The number of benzene rings is 2. The third-order valence-electron chi connectivity index (χ3n) is 2.33. The van der Waals surface area contributed by atoms with Crippen molar-refractivity contribution in [1.82, 2.24) is 0 Å². The minimum absolute atomic E-state index is 0.994. The summed E-state index contributed by atoms with van der Waals surface area (Å²) < 4.78 is 1.08. The lowest BCUT2D eigenvalue weighted by molar-refractivity contribution is 1.41. The molecule has 0 amide bonds. The number of aryl methyl sites for hydroxylation is 1. The third kappa shape index (κ3) is 2.27. The summed E-state index contributed by atoms with van der Waals surface area (Å²) in [5, 5.41) is 0. The average molecular weight is 279 g/mol. The van der Waals surface area contributed by atoms with Gasteiger partial charge >= 0.3 is 0 Å². The van der Waals surface area contributed by atoms with Gasteiger partial charge in [0.1, 0.15) is 0 Å². The van der Waals surface area contributed by atoms with Gasteiger partial charge in [-0.15, -0.1) is 12.6 Å². The average Bonchev–Trinajstić information content (AvgIpc) is 2.20. The van der Waals surface area contributed by atoms with Crippen LogP contribution in [0.4, 0.5) is 0 Å². The summed E-state index contributed by atoms with van der Waals surface area (Å²) in [7, 11) is 0. The zero-order valence-corrected chi connectivity index (χ0v) is 10.8. The van der Waals surface area contributed by atoms with Gasteiger partial charge in [-0.1, -0.05) is 51.8 Å². The number of hydrogen-bond donors (Lipinski definition) is 1. The molecular weight excluding hydrogens is 268 g/mol. The van der Waals surface area contributed by atoms with Crippen LogP contribution in [0.5, 0.6) is 0 Å². The van der Waals surface area contributed by atoms with Crippen LogP contribution in [0, 0.1) is 6.92 Å². The fourth-order valence-corrected chi connectivity index (χ4v) is 2.60. The smallest absolute Gasteiger partial charge is 0.0264 e. The molecule has 0 N–H and O–H groups in total. The summed E-state index contributed by atoms with van der Waals surface area (Å²) in [6.07, 6.45) is 0. The highest BCUT2D eigenvalue weighted by atomic mass is 79.9. The lowest BCUT2D eigenvalue weighted by Crippen LogP contribution is -1.82. The Morgan fingerprint density at radius 1 is 1.00 bits per heavy atom. The first kappa shape index (κ1) is 10.8. The number of hydrogen-bond acceptors (Lipinski definition) is 1. The largest absolute Gasteiger partial charge is 0.143 e. The van der Waals surface area contributed by atoms with E-state index < -0.39 is 0 Å². The molecule has 0 fully saturated rings. The molecule has 0 aliphatic heterocycles. The van der Waals surface area contributed by atoms with E-state index in [9.17, 15) is 0 Å². The van der Waals surface area contributed by atoms with E-state index >= 15 is 0 Å². The van der Waals surface area contributed by atoms with Crippen LogP contribution in [0.3, 0.4) is 0 Å². The highest BCUT2D eigenvalue weighted by molar-refractivity contribution is 9.10. The molecule has 0 heterocycles. The topological polar surface area (TPSA) is 0 Å². The summed E-state index contributed by atoms with van der Waals surface area (Å²) in [4.78, 5) is 0.994. The summed E-state index contributed by atoms with van der Waals surface area (Å²) in [6.45, 7) is 2.09. The van der Waals surface area contributed by atoms with Gasteiger partial charge in [-0.2, -0.15) is 0 Å². The SMILES string of the molecule is Cc1ccc(-c2c(S)cccc2Br)cc1. The van der Waals surface area contributed by atoms with Gasteiger partial charge in [0.15, 0.2) is 0 Å². The van der Waals surface area contributed by atoms with Crippen LogP contribution < -0.4 is 0 Å². The molecule has 0 aliphatic rings. The van der Waals surface area contributed by atoms with Crippen LogP contribution >= 0.6 is 28.6 Å². The van der Waals surface area contributed by atoms with Crippen molar-refractivity contribution in [2.75, 3.05) is 0 Å². The number of thiol groups is 1. The second-order valence-corrected chi connectivity index (χ2v) is 4.84. The molecule has 2 aromatic rings. The standard InChI is InChI=1S/C13H11BrS/c1-9-5-7-10(8-6-9)13-11(14)3-2-4-12(13)15/h2-8,15H,1H3. The van der Waals surface area contributed by atoms with Crippen LogP contribution in [0.15, 0.2) is 51.8 Å². The van der Waals surface area contributed by atoms with Crippen molar-refractivity contribution < 1.29 is 0 Å². The van der Waals surface area contributed by atoms with Crippen molar-refractivity contribution >= 4 is 28.6 Å². The maximum absolute atomic E-state index is 4.47. The normalized spacial score (nSPS) is 10.3. The Labute approximate surface area is 104 Å². The van der Waals surface area contributed by atoms with Crippen LogP contribution in [-0.2, 0) is 0 Å². The molecule has 2 aromatic carbocycles. The lowest BCUT2D eigenvalue weighted by atomic mass is 10.0. The molecule has 0 radical (unpaired) electrons. The number of halogens is 1. The zero-order chi connectivity index (χ0) is 10.8. The first-order valence-corrected chi connectivity index (χ1v) is 5.97. The Hall–Kier alpha value is -0.730. The van der Waals surface area contributed by atoms with Crippen LogP contribution in [0.25, 0.3) is 11.1 Å². The summed E-state index contributed by atoms with van der Waals surface area (Å²) in [5.74, 6) is 0. The highest BCUT2D eigenvalue weighted by Crippen LogP contribution is 2.33. The molecule has 0 aromatic heterocycles. The fourth-order valence-electron chi connectivity index (χ4n) is 1.52. The van der Waals surface area contributed by atoms with E-state index in [2.05, 4.69) is 59.7 Å². The van der Waals surface area contributed by atoms with E-state index in [1.54, 1.807) is 0 Å². The van der Waals surface area contributed by atoms with Gasteiger partial charge in [0.05, 0.1) is 0 Å². The molecule has 0 bridgehead atoms. The molecule has 2 rings (SSSR count). The highest BCUT2D eigenvalue weighted by Gasteiger charge is 2.05. The minimum atomic E-state index is 0.994. The Morgan fingerprint density at radius 3 is 2.27 bits per heavy atom. The monoisotopic (exact) mass is 278 g/mol. The second-order valence-electron chi connectivity index (χ2n) is 3.50.